The zero-order chi connectivity index (χ0) is 11.1. The van der Waals surface area contributed by atoms with Crippen LogP contribution in [0.5, 0.6) is 5.75 Å². The molecule has 0 amide bonds. The fourth-order valence-electron chi connectivity index (χ4n) is 1.74. The maximum Gasteiger partial charge on any atom is 0.167 e. The number of ether oxygens (including phenoxy) is 1. The van der Waals surface area contributed by atoms with E-state index < -0.39 is 0 Å². The van der Waals surface area contributed by atoms with Crippen LogP contribution in [0.1, 0.15) is 18.7 Å². The molecular weight excluding hydrogens is 207 g/mol. The lowest BCUT2D eigenvalue weighted by Gasteiger charge is -2.05. The van der Waals surface area contributed by atoms with Crippen molar-refractivity contribution in [2.45, 2.75) is 19.8 Å². The Balaban J connectivity index is 1.92. The Kier molecular flexibility index (Phi) is 2.09. The second-order valence-corrected chi connectivity index (χ2v) is 4.38. The predicted molar refractivity (Wildman–Crippen MR) is 59.0 cm³/mol. The molecule has 3 nitrogen and oxygen atoms in total. The number of aryl methyl sites for hydroxylation is 1. The lowest BCUT2D eigenvalue weighted by atomic mass is 10.3. The van der Waals surface area contributed by atoms with E-state index in [4.69, 9.17) is 4.74 Å². The molecule has 0 bridgehead atoms. The Morgan fingerprint density at radius 1 is 1.50 bits per heavy atom. The number of nitrogens with one attached hydrogen (secondary N) is 1. The van der Waals surface area contributed by atoms with Crippen molar-refractivity contribution in [2.24, 2.45) is 5.92 Å². The van der Waals surface area contributed by atoms with E-state index in [0.717, 1.165) is 11.3 Å². The van der Waals surface area contributed by atoms with Crippen LogP contribution in [0.4, 0.5) is 4.39 Å². The average molecular weight is 220 g/mol. The van der Waals surface area contributed by atoms with Crippen LogP contribution in [0.25, 0.3) is 11.0 Å². The summed E-state index contributed by atoms with van der Waals surface area (Å²) in [6.45, 7) is 2.47. The van der Waals surface area contributed by atoms with E-state index in [1.54, 1.807) is 6.07 Å². The van der Waals surface area contributed by atoms with Gasteiger partial charge in [0, 0.05) is 12.1 Å². The van der Waals surface area contributed by atoms with Crippen LogP contribution in [0, 0.1) is 18.7 Å². The number of hydrogen-bond donors (Lipinski definition) is 1. The largest absolute Gasteiger partial charge is 0.490 e. The molecule has 1 fully saturated rings. The molecule has 0 aliphatic heterocycles. The molecule has 1 saturated carbocycles. The summed E-state index contributed by atoms with van der Waals surface area (Å²) < 4.78 is 19.1. The van der Waals surface area contributed by atoms with Gasteiger partial charge in [0.1, 0.15) is 5.82 Å². The first kappa shape index (κ1) is 9.63. The lowest BCUT2D eigenvalue weighted by Crippen LogP contribution is -2.00. The highest BCUT2D eigenvalue weighted by molar-refractivity contribution is 5.77. The van der Waals surface area contributed by atoms with Crippen LogP contribution in [0.3, 0.4) is 0 Å². The second kappa shape index (κ2) is 3.47. The molecule has 1 heterocycles. The summed E-state index contributed by atoms with van der Waals surface area (Å²) in [4.78, 5) is 7.24. The third kappa shape index (κ3) is 1.75. The SMILES string of the molecule is Cc1nc2cc(F)c(OCC3CC3)cc2[nH]1. The first-order valence-corrected chi connectivity index (χ1v) is 5.51. The Hall–Kier alpha value is -1.58. The maximum atomic E-state index is 13.6. The zero-order valence-corrected chi connectivity index (χ0v) is 9.09. The minimum absolute atomic E-state index is 0.322. The number of imidazole rings is 1. The number of halogens is 1. The monoisotopic (exact) mass is 220 g/mol. The van der Waals surface area contributed by atoms with Gasteiger partial charge in [-0.3, -0.25) is 0 Å². The summed E-state index contributed by atoms with van der Waals surface area (Å²) in [5, 5.41) is 0. The molecule has 84 valence electrons. The van der Waals surface area contributed by atoms with Crippen LogP contribution in [0.15, 0.2) is 12.1 Å². The lowest BCUT2D eigenvalue weighted by molar-refractivity contribution is 0.286. The summed E-state index contributed by atoms with van der Waals surface area (Å²) in [5.41, 5.74) is 1.47. The van der Waals surface area contributed by atoms with Gasteiger partial charge in [-0.2, -0.15) is 0 Å². The molecule has 0 unspecified atom stereocenters. The van der Waals surface area contributed by atoms with Crippen LogP contribution >= 0.6 is 0 Å². The van der Waals surface area contributed by atoms with Gasteiger partial charge >= 0.3 is 0 Å². The summed E-state index contributed by atoms with van der Waals surface area (Å²) in [6, 6.07) is 3.11. The van der Waals surface area contributed by atoms with E-state index in [-0.39, 0.29) is 5.82 Å². The van der Waals surface area contributed by atoms with Crippen molar-refractivity contribution in [2.75, 3.05) is 6.61 Å². The van der Waals surface area contributed by atoms with E-state index >= 15 is 0 Å². The van der Waals surface area contributed by atoms with Gasteiger partial charge in [-0.05, 0) is 25.7 Å². The van der Waals surface area contributed by atoms with Crippen molar-refractivity contribution < 1.29 is 9.13 Å². The number of rotatable bonds is 3. The van der Waals surface area contributed by atoms with Crippen LogP contribution in [-0.2, 0) is 0 Å². The molecule has 0 saturated heterocycles. The Morgan fingerprint density at radius 3 is 3.06 bits per heavy atom. The van der Waals surface area contributed by atoms with Crippen molar-refractivity contribution in [3.63, 3.8) is 0 Å². The minimum Gasteiger partial charge on any atom is -0.490 e. The quantitative estimate of drug-likeness (QED) is 0.863. The average Bonchev–Trinajstić information content (AvgIpc) is 2.98. The number of aromatic amines is 1. The predicted octanol–water partition coefficient (Wildman–Crippen LogP) is 2.80. The molecule has 0 atom stereocenters. The van der Waals surface area contributed by atoms with E-state index in [1.807, 2.05) is 6.92 Å². The first-order valence-electron chi connectivity index (χ1n) is 5.51. The molecule has 4 heteroatoms. The van der Waals surface area contributed by atoms with Crippen molar-refractivity contribution in [1.29, 1.82) is 0 Å². The summed E-state index contributed by atoms with van der Waals surface area (Å²) in [6.07, 6.45) is 2.40. The molecule has 0 radical (unpaired) electrons. The normalized spacial score (nSPS) is 15.6. The van der Waals surface area contributed by atoms with Gasteiger partial charge in [0.25, 0.3) is 0 Å². The highest BCUT2D eigenvalue weighted by Gasteiger charge is 2.22. The number of fused-ring (bicyclic) bond motifs is 1. The van der Waals surface area contributed by atoms with Gasteiger partial charge in [-0.15, -0.1) is 0 Å². The van der Waals surface area contributed by atoms with Crippen molar-refractivity contribution in [3.05, 3.63) is 23.8 Å². The number of hydrogen-bond acceptors (Lipinski definition) is 2. The molecule has 1 aliphatic rings. The highest BCUT2D eigenvalue weighted by atomic mass is 19.1. The van der Waals surface area contributed by atoms with Gasteiger partial charge in [0.2, 0.25) is 0 Å². The Labute approximate surface area is 92.6 Å². The molecular formula is C12H13FN2O. The maximum absolute atomic E-state index is 13.6. The number of nitrogens with zero attached hydrogens (tertiary/aromatic N) is 1. The van der Waals surface area contributed by atoms with Crippen molar-refractivity contribution in [1.82, 2.24) is 9.97 Å². The van der Waals surface area contributed by atoms with E-state index in [0.29, 0.717) is 23.8 Å². The highest BCUT2D eigenvalue weighted by Crippen LogP contribution is 2.31. The van der Waals surface area contributed by atoms with Crippen LogP contribution < -0.4 is 4.74 Å². The number of H-pyrrole nitrogens is 1. The standard InChI is InChI=1S/C12H13FN2O/c1-7-14-10-4-9(13)12(5-11(10)15-7)16-6-8-2-3-8/h4-5,8H,2-3,6H2,1H3,(H,14,15). The third-order valence-electron chi connectivity index (χ3n) is 2.83. The summed E-state index contributed by atoms with van der Waals surface area (Å²) >= 11 is 0. The Morgan fingerprint density at radius 2 is 2.31 bits per heavy atom. The molecule has 1 aromatic heterocycles. The summed E-state index contributed by atoms with van der Waals surface area (Å²) in [5.74, 6) is 1.40. The molecule has 0 spiro atoms. The minimum atomic E-state index is -0.334. The van der Waals surface area contributed by atoms with Crippen molar-refractivity contribution >= 4 is 11.0 Å². The molecule has 1 aromatic carbocycles. The second-order valence-electron chi connectivity index (χ2n) is 4.38. The molecule has 1 N–H and O–H groups in total. The smallest absolute Gasteiger partial charge is 0.167 e. The zero-order valence-electron chi connectivity index (χ0n) is 9.09. The summed E-state index contributed by atoms with van der Waals surface area (Å²) in [7, 11) is 0. The molecule has 16 heavy (non-hydrogen) atoms. The topological polar surface area (TPSA) is 37.9 Å². The Bertz CT molecular complexity index is 531. The van der Waals surface area contributed by atoms with E-state index in [1.165, 1.54) is 18.9 Å². The van der Waals surface area contributed by atoms with Crippen LogP contribution in [-0.4, -0.2) is 16.6 Å². The van der Waals surface area contributed by atoms with E-state index in [9.17, 15) is 4.39 Å². The number of aromatic nitrogens is 2. The van der Waals surface area contributed by atoms with Crippen LogP contribution in [0.2, 0.25) is 0 Å². The molecule has 1 aliphatic carbocycles. The third-order valence-corrected chi connectivity index (χ3v) is 2.83. The number of benzene rings is 1. The molecule has 3 rings (SSSR count). The van der Waals surface area contributed by atoms with Gasteiger partial charge in [0.05, 0.1) is 17.6 Å². The van der Waals surface area contributed by atoms with E-state index in [2.05, 4.69) is 9.97 Å². The first-order chi connectivity index (χ1) is 7.72. The fraction of sp³-hybridized carbons (Fsp3) is 0.417. The van der Waals surface area contributed by atoms with Gasteiger partial charge in [0.15, 0.2) is 11.6 Å². The van der Waals surface area contributed by atoms with Gasteiger partial charge in [-0.25, -0.2) is 9.37 Å². The fourth-order valence-corrected chi connectivity index (χ4v) is 1.74. The van der Waals surface area contributed by atoms with Gasteiger partial charge < -0.3 is 9.72 Å². The van der Waals surface area contributed by atoms with Crippen molar-refractivity contribution in [3.8, 4) is 5.75 Å². The van der Waals surface area contributed by atoms with Gasteiger partial charge in [-0.1, -0.05) is 0 Å². The molecule has 2 aromatic rings.